The molecule has 2 unspecified atom stereocenters. The molecule has 106 valence electrons. The van der Waals surface area contributed by atoms with Crippen LogP contribution < -0.4 is 10.5 Å². The van der Waals surface area contributed by atoms with Gasteiger partial charge >= 0.3 is 0 Å². The predicted octanol–water partition coefficient (Wildman–Crippen LogP) is 3.78. The summed E-state index contributed by atoms with van der Waals surface area (Å²) in [6.45, 7) is 4.06. The second-order valence-electron chi connectivity index (χ2n) is 5.45. The molecule has 2 nitrogen and oxygen atoms in total. The monoisotopic (exact) mass is 269 g/mol. The fourth-order valence-electron chi connectivity index (χ4n) is 2.32. The molecular weight excluding hydrogens is 246 g/mol. The molecule has 2 N–H and O–H groups in total. The van der Waals surface area contributed by atoms with Crippen LogP contribution in [0, 0.1) is 0 Å². The van der Waals surface area contributed by atoms with E-state index in [-0.39, 0.29) is 12.1 Å². The first-order valence-electron chi connectivity index (χ1n) is 7.18. The zero-order valence-corrected chi connectivity index (χ0v) is 12.3. The molecule has 0 bridgehead atoms. The van der Waals surface area contributed by atoms with Gasteiger partial charge < -0.3 is 10.5 Å². The Morgan fingerprint density at radius 1 is 0.900 bits per heavy atom. The normalized spacial score (nSPS) is 13.8. The summed E-state index contributed by atoms with van der Waals surface area (Å²) in [6.07, 6.45) is 1.97. The zero-order valence-electron chi connectivity index (χ0n) is 12.3. The lowest BCUT2D eigenvalue weighted by Crippen LogP contribution is -2.24. The van der Waals surface area contributed by atoms with Crippen molar-refractivity contribution in [3.63, 3.8) is 0 Å². The minimum Gasteiger partial charge on any atom is -0.491 e. The lowest BCUT2D eigenvalue weighted by Gasteiger charge is -2.16. The summed E-state index contributed by atoms with van der Waals surface area (Å²) in [6, 6.07) is 19.0. The Labute approximate surface area is 121 Å². The van der Waals surface area contributed by atoms with Gasteiger partial charge in [-0.25, -0.2) is 0 Å². The third kappa shape index (κ3) is 4.71. The summed E-state index contributed by atoms with van der Waals surface area (Å²) in [7, 11) is 0. The Morgan fingerprint density at radius 3 is 2.10 bits per heavy atom. The minimum atomic E-state index is 0.148. The molecule has 0 aromatic heterocycles. The summed E-state index contributed by atoms with van der Waals surface area (Å²) >= 11 is 0. The number of rotatable bonds is 6. The van der Waals surface area contributed by atoms with Crippen LogP contribution in [0.25, 0.3) is 0 Å². The number of nitrogens with two attached hydrogens (primary N) is 1. The van der Waals surface area contributed by atoms with Gasteiger partial charge in [-0.1, -0.05) is 42.5 Å². The van der Waals surface area contributed by atoms with E-state index >= 15 is 0 Å². The number of hydrogen-bond donors (Lipinski definition) is 1. The fraction of sp³-hybridized carbons (Fsp3) is 0.333. The van der Waals surface area contributed by atoms with E-state index in [1.165, 1.54) is 11.1 Å². The van der Waals surface area contributed by atoms with E-state index in [0.29, 0.717) is 0 Å². The van der Waals surface area contributed by atoms with E-state index in [9.17, 15) is 0 Å². The first-order chi connectivity index (χ1) is 9.63. The van der Waals surface area contributed by atoms with Crippen LogP contribution >= 0.6 is 0 Å². The third-order valence-corrected chi connectivity index (χ3v) is 3.22. The van der Waals surface area contributed by atoms with Gasteiger partial charge in [-0.2, -0.15) is 0 Å². The second kappa shape index (κ2) is 7.11. The summed E-state index contributed by atoms with van der Waals surface area (Å²) in [5, 5.41) is 0. The molecular formula is C18H23NO. The van der Waals surface area contributed by atoms with Gasteiger partial charge in [0.25, 0.3) is 0 Å². The molecule has 0 spiro atoms. The SMILES string of the molecule is CC(N)CC(C)Oc1ccc(Cc2ccccc2)cc1. The molecule has 2 heteroatoms. The van der Waals surface area contributed by atoms with E-state index < -0.39 is 0 Å². The summed E-state index contributed by atoms with van der Waals surface area (Å²) in [4.78, 5) is 0. The van der Waals surface area contributed by atoms with Gasteiger partial charge in [0.15, 0.2) is 0 Å². The molecule has 2 rings (SSSR count). The fourth-order valence-corrected chi connectivity index (χ4v) is 2.32. The van der Waals surface area contributed by atoms with Crippen molar-refractivity contribution in [2.24, 2.45) is 5.73 Å². The van der Waals surface area contributed by atoms with Crippen LogP contribution in [-0.4, -0.2) is 12.1 Å². The molecule has 0 fully saturated rings. The minimum absolute atomic E-state index is 0.148. The van der Waals surface area contributed by atoms with Crippen molar-refractivity contribution in [3.05, 3.63) is 65.7 Å². The van der Waals surface area contributed by atoms with E-state index in [2.05, 4.69) is 43.3 Å². The molecule has 20 heavy (non-hydrogen) atoms. The van der Waals surface area contributed by atoms with Gasteiger partial charge in [-0.15, -0.1) is 0 Å². The molecule has 2 aromatic rings. The van der Waals surface area contributed by atoms with Crippen LogP contribution in [0.4, 0.5) is 0 Å². The smallest absolute Gasteiger partial charge is 0.119 e. The van der Waals surface area contributed by atoms with E-state index in [1.807, 2.05) is 25.1 Å². The average molecular weight is 269 g/mol. The summed E-state index contributed by atoms with van der Waals surface area (Å²) in [5.41, 5.74) is 8.40. The molecule has 0 amide bonds. The van der Waals surface area contributed by atoms with Crippen LogP contribution in [0.5, 0.6) is 5.75 Å². The molecule has 0 aliphatic rings. The Morgan fingerprint density at radius 2 is 1.50 bits per heavy atom. The second-order valence-corrected chi connectivity index (χ2v) is 5.45. The van der Waals surface area contributed by atoms with Gasteiger partial charge in [-0.05, 0) is 49.9 Å². The maximum absolute atomic E-state index is 5.85. The molecule has 0 radical (unpaired) electrons. The highest BCUT2D eigenvalue weighted by molar-refractivity contribution is 5.31. The standard InChI is InChI=1S/C18H23NO/c1-14(19)12-15(2)20-18-10-8-17(9-11-18)13-16-6-4-3-5-7-16/h3-11,14-15H,12-13,19H2,1-2H3. The summed E-state index contributed by atoms with van der Waals surface area (Å²) in [5.74, 6) is 0.912. The Hall–Kier alpha value is -1.80. The molecule has 0 aliphatic heterocycles. The van der Waals surface area contributed by atoms with Gasteiger partial charge in [0.1, 0.15) is 5.75 Å². The average Bonchev–Trinajstić information content (AvgIpc) is 2.41. The van der Waals surface area contributed by atoms with E-state index in [4.69, 9.17) is 10.5 Å². The Bertz CT molecular complexity index is 505. The molecule has 0 heterocycles. The van der Waals surface area contributed by atoms with Crippen molar-refractivity contribution in [1.82, 2.24) is 0 Å². The topological polar surface area (TPSA) is 35.2 Å². The van der Waals surface area contributed by atoms with Gasteiger partial charge in [0, 0.05) is 6.04 Å². The van der Waals surface area contributed by atoms with Crippen LogP contribution in [0.2, 0.25) is 0 Å². The predicted molar refractivity (Wildman–Crippen MR) is 84.0 cm³/mol. The van der Waals surface area contributed by atoms with E-state index in [0.717, 1.165) is 18.6 Å². The van der Waals surface area contributed by atoms with Crippen molar-refractivity contribution in [1.29, 1.82) is 0 Å². The third-order valence-electron chi connectivity index (χ3n) is 3.22. The molecule has 0 saturated carbocycles. The van der Waals surface area contributed by atoms with Gasteiger partial charge in [0.2, 0.25) is 0 Å². The van der Waals surface area contributed by atoms with E-state index in [1.54, 1.807) is 0 Å². The lowest BCUT2D eigenvalue weighted by molar-refractivity contribution is 0.203. The molecule has 0 aliphatic carbocycles. The Balaban J connectivity index is 1.93. The highest BCUT2D eigenvalue weighted by Crippen LogP contribution is 2.17. The lowest BCUT2D eigenvalue weighted by atomic mass is 10.1. The van der Waals surface area contributed by atoms with Gasteiger partial charge in [0.05, 0.1) is 6.10 Å². The number of ether oxygens (including phenoxy) is 1. The highest BCUT2D eigenvalue weighted by Gasteiger charge is 2.06. The van der Waals surface area contributed by atoms with Crippen LogP contribution in [-0.2, 0) is 6.42 Å². The first kappa shape index (κ1) is 14.6. The van der Waals surface area contributed by atoms with Crippen molar-refractivity contribution in [2.75, 3.05) is 0 Å². The van der Waals surface area contributed by atoms with Crippen molar-refractivity contribution < 1.29 is 4.74 Å². The summed E-state index contributed by atoms with van der Waals surface area (Å²) < 4.78 is 5.85. The maximum Gasteiger partial charge on any atom is 0.119 e. The van der Waals surface area contributed by atoms with Crippen LogP contribution in [0.15, 0.2) is 54.6 Å². The van der Waals surface area contributed by atoms with Crippen molar-refractivity contribution >= 4 is 0 Å². The van der Waals surface area contributed by atoms with Gasteiger partial charge in [-0.3, -0.25) is 0 Å². The van der Waals surface area contributed by atoms with Crippen molar-refractivity contribution in [3.8, 4) is 5.75 Å². The molecule has 2 atom stereocenters. The Kier molecular flexibility index (Phi) is 5.19. The molecule has 0 saturated heterocycles. The molecule has 2 aromatic carbocycles. The first-order valence-corrected chi connectivity index (χ1v) is 7.18. The largest absolute Gasteiger partial charge is 0.491 e. The number of benzene rings is 2. The quantitative estimate of drug-likeness (QED) is 0.866. The zero-order chi connectivity index (χ0) is 14.4. The van der Waals surface area contributed by atoms with Crippen molar-refractivity contribution in [2.45, 2.75) is 38.8 Å². The highest BCUT2D eigenvalue weighted by atomic mass is 16.5. The maximum atomic E-state index is 5.85. The van der Waals surface area contributed by atoms with Crippen LogP contribution in [0.1, 0.15) is 31.4 Å². The number of hydrogen-bond acceptors (Lipinski definition) is 2. The van der Waals surface area contributed by atoms with Crippen LogP contribution in [0.3, 0.4) is 0 Å².